The molecule has 1 aromatic carbocycles. The van der Waals surface area contributed by atoms with Gasteiger partial charge < -0.3 is 14.9 Å². The zero-order chi connectivity index (χ0) is 24.9. The number of aryl methyl sites for hydroxylation is 1. The van der Waals surface area contributed by atoms with Crippen LogP contribution in [0.15, 0.2) is 79.8 Å². The van der Waals surface area contributed by atoms with Crippen LogP contribution in [0.25, 0.3) is 50.1 Å². The van der Waals surface area contributed by atoms with E-state index in [2.05, 4.69) is 72.4 Å². The fourth-order valence-electron chi connectivity index (χ4n) is 5.03. The molecule has 182 valence electrons. The first-order valence-electron chi connectivity index (χ1n) is 12.5. The number of pyridine rings is 2. The molecular formula is C29H26N8. The molecule has 0 unspecified atom stereocenters. The van der Waals surface area contributed by atoms with Crippen LogP contribution in [0.2, 0.25) is 0 Å². The maximum absolute atomic E-state index is 4.63. The van der Waals surface area contributed by atoms with Crippen LogP contribution < -0.4 is 5.32 Å². The van der Waals surface area contributed by atoms with Crippen molar-refractivity contribution >= 4 is 27.6 Å². The van der Waals surface area contributed by atoms with Crippen molar-refractivity contribution in [2.45, 2.75) is 26.2 Å². The van der Waals surface area contributed by atoms with Crippen molar-refractivity contribution in [3.63, 3.8) is 0 Å². The molecule has 0 amide bonds. The average molecular weight is 487 g/mol. The second kappa shape index (κ2) is 8.44. The van der Waals surface area contributed by atoms with E-state index in [1.54, 1.807) is 0 Å². The number of imidazole rings is 1. The van der Waals surface area contributed by atoms with Crippen LogP contribution in [-0.4, -0.2) is 34.7 Å². The number of nitrogens with one attached hydrogen (secondary N) is 3. The molecule has 0 aliphatic heterocycles. The van der Waals surface area contributed by atoms with Crippen LogP contribution in [-0.2, 0) is 0 Å². The van der Waals surface area contributed by atoms with Gasteiger partial charge in [0.25, 0.3) is 0 Å². The Bertz CT molecular complexity index is 1780. The summed E-state index contributed by atoms with van der Waals surface area (Å²) in [5.74, 6) is 0.560. The van der Waals surface area contributed by atoms with E-state index >= 15 is 0 Å². The Balaban J connectivity index is 1.26. The summed E-state index contributed by atoms with van der Waals surface area (Å²) in [5.41, 5.74) is 9.59. The Hall–Kier alpha value is -4.72. The number of H-pyrrole nitrogens is 2. The highest BCUT2D eigenvalue weighted by atomic mass is 15.2. The van der Waals surface area contributed by atoms with Gasteiger partial charge in [0.15, 0.2) is 5.65 Å². The van der Waals surface area contributed by atoms with E-state index in [1.807, 2.05) is 48.7 Å². The highest BCUT2D eigenvalue weighted by molar-refractivity contribution is 5.98. The summed E-state index contributed by atoms with van der Waals surface area (Å²) >= 11 is 0. The molecule has 6 aromatic rings. The third-order valence-corrected chi connectivity index (χ3v) is 7.28. The Labute approximate surface area is 213 Å². The van der Waals surface area contributed by atoms with Gasteiger partial charge in [-0.25, -0.2) is 9.97 Å². The van der Waals surface area contributed by atoms with Crippen LogP contribution in [0.4, 0.5) is 5.69 Å². The number of nitrogens with zero attached hydrogens (tertiary/aromatic N) is 5. The van der Waals surface area contributed by atoms with Gasteiger partial charge in [-0.3, -0.25) is 10.1 Å². The highest BCUT2D eigenvalue weighted by Gasteiger charge is 2.20. The van der Waals surface area contributed by atoms with E-state index < -0.39 is 0 Å². The maximum Gasteiger partial charge on any atom is 0.181 e. The molecule has 7 rings (SSSR count). The zero-order valence-corrected chi connectivity index (χ0v) is 20.5. The molecule has 1 aliphatic carbocycles. The average Bonchev–Trinajstić information content (AvgIpc) is 3.60. The summed E-state index contributed by atoms with van der Waals surface area (Å²) < 4.78 is 2.05. The Morgan fingerprint density at radius 2 is 1.95 bits per heavy atom. The second-order valence-corrected chi connectivity index (χ2v) is 9.78. The summed E-state index contributed by atoms with van der Waals surface area (Å²) in [5, 5.41) is 13.2. The molecule has 1 saturated carbocycles. The number of benzene rings is 1. The minimum absolute atomic E-state index is 0.560. The van der Waals surface area contributed by atoms with Gasteiger partial charge in [0.05, 0.1) is 41.0 Å². The fraction of sp³-hybridized carbons (Fsp3) is 0.172. The van der Waals surface area contributed by atoms with E-state index in [-0.39, 0.29) is 0 Å². The molecule has 0 radical (unpaired) electrons. The third kappa shape index (κ3) is 3.78. The SMILES string of the molecule is C=C(Nc1cncc(-c2cnc3n[nH]c(-c4cc5c(-n6cnc(C)c6)cccc5[nH]4)c3c2)c1)C1CCC1. The van der Waals surface area contributed by atoms with Crippen molar-refractivity contribution in [1.29, 1.82) is 0 Å². The molecular weight excluding hydrogens is 460 g/mol. The van der Waals surface area contributed by atoms with Crippen molar-refractivity contribution in [1.82, 2.24) is 34.7 Å². The summed E-state index contributed by atoms with van der Waals surface area (Å²) in [6, 6.07) is 12.6. The molecule has 0 saturated heterocycles. The predicted molar refractivity (Wildman–Crippen MR) is 146 cm³/mol. The maximum atomic E-state index is 4.63. The van der Waals surface area contributed by atoms with Crippen LogP contribution in [0.5, 0.6) is 0 Å². The number of allylic oxidation sites excluding steroid dienone is 1. The van der Waals surface area contributed by atoms with E-state index in [0.717, 1.165) is 61.6 Å². The fourth-order valence-corrected chi connectivity index (χ4v) is 5.03. The number of aromatic nitrogens is 7. The van der Waals surface area contributed by atoms with Crippen molar-refractivity contribution in [2.75, 3.05) is 5.32 Å². The van der Waals surface area contributed by atoms with Gasteiger partial charge in [0.1, 0.15) is 0 Å². The molecule has 0 spiro atoms. The van der Waals surface area contributed by atoms with Crippen LogP contribution in [0.1, 0.15) is 25.0 Å². The summed E-state index contributed by atoms with van der Waals surface area (Å²) in [6.07, 6.45) is 13.1. The molecule has 5 aromatic heterocycles. The highest BCUT2D eigenvalue weighted by Crippen LogP contribution is 2.35. The monoisotopic (exact) mass is 486 g/mol. The van der Waals surface area contributed by atoms with Crippen LogP contribution in [0.3, 0.4) is 0 Å². The van der Waals surface area contributed by atoms with Gasteiger partial charge in [0, 0.05) is 51.7 Å². The summed E-state index contributed by atoms with van der Waals surface area (Å²) in [7, 11) is 0. The Kier molecular flexibility index (Phi) is 4.92. The lowest BCUT2D eigenvalue weighted by Gasteiger charge is -2.28. The van der Waals surface area contributed by atoms with Gasteiger partial charge >= 0.3 is 0 Å². The van der Waals surface area contributed by atoms with Crippen molar-refractivity contribution in [2.24, 2.45) is 5.92 Å². The van der Waals surface area contributed by atoms with E-state index in [9.17, 15) is 0 Å². The first-order valence-corrected chi connectivity index (χ1v) is 12.5. The lowest BCUT2D eigenvalue weighted by Crippen LogP contribution is -2.18. The third-order valence-electron chi connectivity index (χ3n) is 7.28. The molecule has 0 atom stereocenters. The molecule has 1 aliphatic rings. The van der Waals surface area contributed by atoms with Gasteiger partial charge in [0.2, 0.25) is 0 Å². The zero-order valence-electron chi connectivity index (χ0n) is 20.5. The standard InChI is InChI=1S/C29H26N8/c1-17-15-37(16-32-17)27-8-4-7-25-23(27)11-26(34-25)28-24-10-21(13-31-29(24)36-35-28)20-9-22(14-30-12-20)33-18(2)19-5-3-6-19/h4,7-16,19,33-34H,2-3,5-6H2,1H3,(H,31,35,36). The van der Waals surface area contributed by atoms with Gasteiger partial charge in [-0.1, -0.05) is 19.1 Å². The first-order chi connectivity index (χ1) is 18.1. The van der Waals surface area contributed by atoms with Gasteiger partial charge in [-0.05, 0) is 56.0 Å². The smallest absolute Gasteiger partial charge is 0.181 e. The number of hydrogen-bond donors (Lipinski definition) is 3. The largest absolute Gasteiger partial charge is 0.358 e. The molecule has 8 nitrogen and oxygen atoms in total. The normalized spacial score (nSPS) is 13.8. The van der Waals surface area contributed by atoms with Crippen molar-refractivity contribution in [3.8, 4) is 28.2 Å². The molecule has 1 fully saturated rings. The first kappa shape index (κ1) is 21.6. The Morgan fingerprint density at radius 3 is 2.76 bits per heavy atom. The van der Waals surface area contributed by atoms with Crippen LogP contribution in [0, 0.1) is 12.8 Å². The Morgan fingerprint density at radius 1 is 1.05 bits per heavy atom. The van der Waals surface area contributed by atoms with E-state index in [0.29, 0.717) is 11.6 Å². The van der Waals surface area contributed by atoms with E-state index in [1.165, 1.54) is 19.3 Å². The van der Waals surface area contributed by atoms with Gasteiger partial charge in [-0.2, -0.15) is 5.10 Å². The van der Waals surface area contributed by atoms with Crippen LogP contribution >= 0.6 is 0 Å². The van der Waals surface area contributed by atoms with Crippen molar-refractivity contribution < 1.29 is 0 Å². The molecule has 3 N–H and O–H groups in total. The molecule has 0 bridgehead atoms. The topological polar surface area (TPSA) is 100 Å². The number of aromatic amines is 2. The van der Waals surface area contributed by atoms with E-state index in [4.69, 9.17) is 0 Å². The number of hydrogen-bond acceptors (Lipinski definition) is 5. The summed E-state index contributed by atoms with van der Waals surface area (Å²) in [4.78, 5) is 17.0. The summed E-state index contributed by atoms with van der Waals surface area (Å²) in [6.45, 7) is 6.22. The molecule has 37 heavy (non-hydrogen) atoms. The minimum Gasteiger partial charge on any atom is -0.358 e. The quantitative estimate of drug-likeness (QED) is 0.253. The number of rotatable bonds is 6. The second-order valence-electron chi connectivity index (χ2n) is 9.78. The number of fused-ring (bicyclic) bond motifs is 2. The van der Waals surface area contributed by atoms with Crippen molar-refractivity contribution in [3.05, 3.63) is 85.5 Å². The minimum atomic E-state index is 0.560. The predicted octanol–water partition coefficient (Wildman–Crippen LogP) is 6.39. The number of anilines is 1. The van der Waals surface area contributed by atoms with Gasteiger partial charge in [-0.15, -0.1) is 0 Å². The lowest BCUT2D eigenvalue weighted by atomic mass is 9.83. The molecule has 8 heteroatoms. The molecule has 5 heterocycles. The lowest BCUT2D eigenvalue weighted by molar-refractivity contribution is 0.371.